The number of hydrogen-bond acceptors (Lipinski definition) is 4. The molecule has 1 aromatic heterocycles. The van der Waals surface area contributed by atoms with Gasteiger partial charge in [-0.05, 0) is 25.8 Å². The number of nitrogens with one attached hydrogen (secondary N) is 2. The van der Waals surface area contributed by atoms with Crippen LogP contribution in [-0.4, -0.2) is 33.8 Å². The smallest absolute Gasteiger partial charge is 0.137 e. The molecule has 0 radical (unpaired) electrons. The highest BCUT2D eigenvalue weighted by Gasteiger charge is 2.24. The second kappa shape index (κ2) is 4.52. The standard InChI is InChI=1S/C9H17N5/c10-7-4-8(5-7)11-3-1-2-9-12-6-13-14-9/h6-8,11H,1-5,10H2,(H,12,13,14). The van der Waals surface area contributed by atoms with Gasteiger partial charge < -0.3 is 11.1 Å². The fraction of sp³-hybridized carbons (Fsp3) is 0.778. The van der Waals surface area contributed by atoms with Gasteiger partial charge >= 0.3 is 0 Å². The molecule has 0 amide bonds. The van der Waals surface area contributed by atoms with E-state index in [1.807, 2.05) is 0 Å². The van der Waals surface area contributed by atoms with Crippen molar-refractivity contribution in [2.24, 2.45) is 5.73 Å². The minimum atomic E-state index is 0.432. The van der Waals surface area contributed by atoms with Crippen LogP contribution in [0.2, 0.25) is 0 Å². The van der Waals surface area contributed by atoms with Crippen LogP contribution in [0.5, 0.6) is 0 Å². The zero-order chi connectivity index (χ0) is 9.80. The number of rotatable bonds is 5. The average molecular weight is 195 g/mol. The highest BCUT2D eigenvalue weighted by Crippen LogP contribution is 2.16. The molecular formula is C9H17N5. The van der Waals surface area contributed by atoms with Crippen molar-refractivity contribution >= 4 is 0 Å². The van der Waals surface area contributed by atoms with Crippen LogP contribution in [0, 0.1) is 0 Å². The van der Waals surface area contributed by atoms with Gasteiger partial charge in [-0.2, -0.15) is 5.10 Å². The summed E-state index contributed by atoms with van der Waals surface area (Å²) in [6.45, 7) is 1.04. The lowest BCUT2D eigenvalue weighted by molar-refractivity contribution is 0.292. The minimum Gasteiger partial charge on any atom is -0.328 e. The van der Waals surface area contributed by atoms with Crippen molar-refractivity contribution in [2.75, 3.05) is 6.54 Å². The molecule has 1 aromatic rings. The summed E-state index contributed by atoms with van der Waals surface area (Å²) in [5.41, 5.74) is 5.69. The lowest BCUT2D eigenvalue weighted by atomic mass is 9.87. The van der Waals surface area contributed by atoms with E-state index in [1.54, 1.807) is 6.33 Å². The van der Waals surface area contributed by atoms with Crippen molar-refractivity contribution < 1.29 is 0 Å². The fourth-order valence-corrected chi connectivity index (χ4v) is 1.74. The summed E-state index contributed by atoms with van der Waals surface area (Å²) in [5, 5.41) is 10.1. The summed E-state index contributed by atoms with van der Waals surface area (Å²) in [6, 6.07) is 1.08. The van der Waals surface area contributed by atoms with Gasteiger partial charge in [0, 0.05) is 18.5 Å². The number of hydrogen-bond donors (Lipinski definition) is 3. The van der Waals surface area contributed by atoms with Gasteiger partial charge in [0.2, 0.25) is 0 Å². The van der Waals surface area contributed by atoms with Crippen LogP contribution in [0.4, 0.5) is 0 Å². The first-order chi connectivity index (χ1) is 6.84. The molecule has 5 nitrogen and oxygen atoms in total. The van der Waals surface area contributed by atoms with E-state index in [-0.39, 0.29) is 0 Å². The molecule has 78 valence electrons. The number of aromatic amines is 1. The molecule has 1 fully saturated rings. The SMILES string of the molecule is NC1CC(NCCCc2ncn[nH]2)C1. The highest BCUT2D eigenvalue weighted by atomic mass is 15.2. The van der Waals surface area contributed by atoms with Crippen LogP contribution in [0.25, 0.3) is 0 Å². The minimum absolute atomic E-state index is 0.432. The third-order valence-corrected chi connectivity index (χ3v) is 2.66. The quantitative estimate of drug-likeness (QED) is 0.569. The molecule has 1 aliphatic rings. The van der Waals surface area contributed by atoms with E-state index >= 15 is 0 Å². The molecule has 1 saturated carbocycles. The molecule has 0 aliphatic heterocycles. The molecule has 0 atom stereocenters. The van der Waals surface area contributed by atoms with Crippen LogP contribution in [-0.2, 0) is 6.42 Å². The lowest BCUT2D eigenvalue weighted by Crippen LogP contribution is -2.48. The topological polar surface area (TPSA) is 79.6 Å². The maximum Gasteiger partial charge on any atom is 0.137 e. The third kappa shape index (κ3) is 2.52. The Labute approximate surface area is 83.5 Å². The zero-order valence-electron chi connectivity index (χ0n) is 8.24. The number of aromatic nitrogens is 3. The Morgan fingerprint density at radius 3 is 3.07 bits per heavy atom. The number of aryl methyl sites for hydroxylation is 1. The van der Waals surface area contributed by atoms with Gasteiger partial charge in [0.15, 0.2) is 0 Å². The van der Waals surface area contributed by atoms with Gasteiger partial charge in [-0.15, -0.1) is 0 Å². The molecule has 0 unspecified atom stereocenters. The Morgan fingerprint density at radius 2 is 2.43 bits per heavy atom. The van der Waals surface area contributed by atoms with Crippen molar-refractivity contribution in [2.45, 2.75) is 37.8 Å². The lowest BCUT2D eigenvalue weighted by Gasteiger charge is -2.33. The van der Waals surface area contributed by atoms with Crippen molar-refractivity contribution in [1.82, 2.24) is 20.5 Å². The summed E-state index contributed by atoms with van der Waals surface area (Å²) in [5.74, 6) is 0.970. The number of H-pyrrole nitrogens is 1. The maximum atomic E-state index is 5.69. The molecule has 4 N–H and O–H groups in total. The van der Waals surface area contributed by atoms with Crippen molar-refractivity contribution in [3.8, 4) is 0 Å². The molecule has 1 aliphatic carbocycles. The predicted octanol–water partition coefficient (Wildman–Crippen LogP) is -0.183. The number of nitrogens with two attached hydrogens (primary N) is 1. The first kappa shape index (κ1) is 9.61. The summed E-state index contributed by atoms with van der Waals surface area (Å²) in [4.78, 5) is 4.06. The molecule has 0 spiro atoms. The molecule has 0 saturated heterocycles. The third-order valence-electron chi connectivity index (χ3n) is 2.66. The summed E-state index contributed by atoms with van der Waals surface area (Å²) >= 11 is 0. The molecule has 14 heavy (non-hydrogen) atoms. The van der Waals surface area contributed by atoms with Gasteiger partial charge in [-0.1, -0.05) is 0 Å². The van der Waals surface area contributed by atoms with Crippen molar-refractivity contribution in [3.63, 3.8) is 0 Å². The Kier molecular flexibility index (Phi) is 3.10. The van der Waals surface area contributed by atoms with Crippen LogP contribution in [0.1, 0.15) is 25.1 Å². The molecule has 1 heterocycles. The van der Waals surface area contributed by atoms with Gasteiger partial charge in [0.05, 0.1) is 0 Å². The average Bonchev–Trinajstić information content (AvgIpc) is 2.61. The molecule has 0 aromatic carbocycles. The Hall–Kier alpha value is -0.940. The van der Waals surface area contributed by atoms with Crippen LogP contribution in [0.3, 0.4) is 0 Å². The Morgan fingerprint density at radius 1 is 1.57 bits per heavy atom. The van der Waals surface area contributed by atoms with Crippen molar-refractivity contribution in [1.29, 1.82) is 0 Å². The van der Waals surface area contributed by atoms with Gasteiger partial charge in [-0.25, -0.2) is 4.98 Å². The fourth-order valence-electron chi connectivity index (χ4n) is 1.74. The normalized spacial score (nSPS) is 26.1. The van der Waals surface area contributed by atoms with E-state index in [0.717, 1.165) is 38.1 Å². The zero-order valence-corrected chi connectivity index (χ0v) is 8.24. The van der Waals surface area contributed by atoms with Gasteiger partial charge in [-0.3, -0.25) is 5.10 Å². The van der Waals surface area contributed by atoms with Crippen LogP contribution < -0.4 is 11.1 Å². The maximum absolute atomic E-state index is 5.69. The van der Waals surface area contributed by atoms with Gasteiger partial charge in [0.1, 0.15) is 12.2 Å². The largest absolute Gasteiger partial charge is 0.328 e. The summed E-state index contributed by atoms with van der Waals surface area (Å²) in [6.07, 6.45) is 5.87. The summed E-state index contributed by atoms with van der Waals surface area (Å²) < 4.78 is 0. The highest BCUT2D eigenvalue weighted by molar-refractivity contribution is 4.88. The van der Waals surface area contributed by atoms with E-state index in [9.17, 15) is 0 Å². The Balaban J connectivity index is 1.52. The van der Waals surface area contributed by atoms with Crippen LogP contribution in [0.15, 0.2) is 6.33 Å². The van der Waals surface area contributed by atoms with E-state index < -0.39 is 0 Å². The van der Waals surface area contributed by atoms with Gasteiger partial charge in [0.25, 0.3) is 0 Å². The molecular weight excluding hydrogens is 178 g/mol. The first-order valence-electron chi connectivity index (χ1n) is 5.18. The van der Waals surface area contributed by atoms with E-state index in [1.165, 1.54) is 0 Å². The van der Waals surface area contributed by atoms with E-state index in [2.05, 4.69) is 20.5 Å². The monoisotopic (exact) mass is 195 g/mol. The molecule has 0 bridgehead atoms. The molecule has 2 rings (SSSR count). The second-order valence-corrected chi connectivity index (χ2v) is 3.92. The van der Waals surface area contributed by atoms with E-state index in [4.69, 9.17) is 5.73 Å². The second-order valence-electron chi connectivity index (χ2n) is 3.92. The Bertz CT molecular complexity index is 252. The first-order valence-corrected chi connectivity index (χ1v) is 5.18. The summed E-state index contributed by atoms with van der Waals surface area (Å²) in [7, 11) is 0. The van der Waals surface area contributed by atoms with Crippen molar-refractivity contribution in [3.05, 3.63) is 12.2 Å². The van der Waals surface area contributed by atoms with Crippen LogP contribution >= 0.6 is 0 Å². The van der Waals surface area contributed by atoms with E-state index in [0.29, 0.717) is 12.1 Å². The predicted molar refractivity (Wildman–Crippen MR) is 53.7 cm³/mol. The number of nitrogens with zero attached hydrogens (tertiary/aromatic N) is 2. The molecule has 5 heteroatoms.